The fourth-order valence-electron chi connectivity index (χ4n) is 8.84. The van der Waals surface area contributed by atoms with E-state index >= 15 is 0 Å². The average molecular weight is 849 g/mol. The highest BCUT2D eigenvalue weighted by Crippen LogP contribution is 2.41. The van der Waals surface area contributed by atoms with Gasteiger partial charge in [0.05, 0.1) is 53.1 Å². The molecule has 0 aliphatic carbocycles. The number of aromatic nitrogens is 4. The number of imidazole rings is 2. The summed E-state index contributed by atoms with van der Waals surface area (Å²) in [6.45, 7) is 1.11. The van der Waals surface area contributed by atoms with E-state index < -0.39 is 18.2 Å². The molecule has 9 rings (SSSR count). The number of alkyl carbamates (subject to hydrolysis) is 2. The van der Waals surface area contributed by atoms with Crippen molar-refractivity contribution in [1.82, 2.24) is 35.5 Å². The van der Waals surface area contributed by atoms with E-state index in [0.717, 1.165) is 96.3 Å². The van der Waals surface area contributed by atoms with E-state index in [-0.39, 0.29) is 23.9 Å². The second kappa shape index (κ2) is 17.7. The molecule has 3 aromatic heterocycles. The largest absolute Gasteiger partial charge is 0.453 e. The average Bonchev–Trinajstić information content (AvgIpc) is 4.14. The minimum atomic E-state index is -0.888. The molecule has 1 aliphatic rings. The third-order valence-electron chi connectivity index (χ3n) is 12.0. The van der Waals surface area contributed by atoms with Crippen LogP contribution >= 0.6 is 11.3 Å². The number of methoxy groups -OCH3 is 2. The van der Waals surface area contributed by atoms with E-state index in [1.165, 1.54) is 14.2 Å². The van der Waals surface area contributed by atoms with E-state index in [0.29, 0.717) is 25.1 Å². The number of hydrogen-bond acceptors (Lipinski definition) is 9. The molecule has 4 atom stereocenters. The predicted molar refractivity (Wildman–Crippen MR) is 243 cm³/mol. The molecule has 14 heteroatoms. The van der Waals surface area contributed by atoms with Crippen molar-refractivity contribution in [1.29, 1.82) is 0 Å². The number of nitrogens with zero attached hydrogens (tertiary/aromatic N) is 3. The highest BCUT2D eigenvalue weighted by atomic mass is 32.1. The Kier molecular flexibility index (Phi) is 11.6. The fourth-order valence-corrected chi connectivity index (χ4v) is 9.99. The van der Waals surface area contributed by atoms with Crippen molar-refractivity contribution in [2.75, 3.05) is 27.3 Å². The molecule has 13 nitrogen and oxygen atoms in total. The summed E-state index contributed by atoms with van der Waals surface area (Å²) >= 11 is 1.71. The SMILES string of the molecule is COC(=O)N[C@@H](CC(CCCN)c1nc2ccc3cc(-c4cc5ccc6nc([C@@H]7CCCN7C(=O)[C@H](NC(=O)OC)c7ccccc7)[nH]c6c5s4)ccc3c2[nH]1)c1ccccc1. The van der Waals surface area contributed by atoms with Crippen molar-refractivity contribution >= 4 is 72.4 Å². The fraction of sp³-hybridized carbons (Fsp3) is 0.271. The normalized spacial score (nSPS) is 15.5. The first-order valence-corrected chi connectivity index (χ1v) is 21.8. The van der Waals surface area contributed by atoms with Gasteiger partial charge in [-0.15, -0.1) is 11.3 Å². The number of amides is 3. The minimum Gasteiger partial charge on any atom is -0.453 e. The molecule has 316 valence electrons. The van der Waals surface area contributed by atoms with Crippen LogP contribution in [0.4, 0.5) is 9.59 Å². The Hall–Kier alpha value is -6.77. The first-order valence-electron chi connectivity index (χ1n) is 21.0. The van der Waals surface area contributed by atoms with E-state index in [4.69, 9.17) is 25.2 Å². The summed E-state index contributed by atoms with van der Waals surface area (Å²) in [5, 5.41) is 9.04. The topological polar surface area (TPSA) is 180 Å². The maximum absolute atomic E-state index is 14.1. The van der Waals surface area contributed by atoms with Crippen molar-refractivity contribution in [2.24, 2.45) is 5.73 Å². The molecule has 8 aromatic rings. The van der Waals surface area contributed by atoms with Gasteiger partial charge < -0.3 is 40.7 Å². The molecule has 1 saturated heterocycles. The Bertz CT molecular complexity index is 2890. The van der Waals surface area contributed by atoms with Gasteiger partial charge in [-0.05, 0) is 90.4 Å². The van der Waals surface area contributed by atoms with Gasteiger partial charge in [-0.3, -0.25) is 4.79 Å². The molecule has 0 radical (unpaired) electrons. The van der Waals surface area contributed by atoms with Crippen molar-refractivity contribution < 1.29 is 23.9 Å². The molecule has 3 amide bonds. The summed E-state index contributed by atoms with van der Waals surface area (Å²) in [5.41, 5.74) is 12.4. The smallest absolute Gasteiger partial charge is 0.407 e. The van der Waals surface area contributed by atoms with Gasteiger partial charge in [0.2, 0.25) is 0 Å². The number of H-pyrrole nitrogens is 2. The van der Waals surface area contributed by atoms with Gasteiger partial charge in [0.15, 0.2) is 0 Å². The molecular weight excluding hydrogens is 801 g/mol. The Morgan fingerprint density at radius 3 is 2.27 bits per heavy atom. The van der Waals surface area contributed by atoms with Crippen LogP contribution in [0, 0.1) is 0 Å². The van der Waals surface area contributed by atoms with Gasteiger partial charge in [-0.1, -0.05) is 84.9 Å². The van der Waals surface area contributed by atoms with Crippen LogP contribution in [0.25, 0.3) is 53.4 Å². The first kappa shape index (κ1) is 40.6. The van der Waals surface area contributed by atoms with E-state index in [9.17, 15) is 14.4 Å². The molecule has 62 heavy (non-hydrogen) atoms. The van der Waals surface area contributed by atoms with Crippen molar-refractivity contribution in [3.8, 4) is 10.4 Å². The van der Waals surface area contributed by atoms with Crippen LogP contribution in [0.2, 0.25) is 0 Å². The lowest BCUT2D eigenvalue weighted by Gasteiger charge is -2.28. The molecule has 1 unspecified atom stereocenters. The number of ether oxygens (including phenoxy) is 2. The standard InChI is InChI=1S/C48H48N8O5S/c1-60-47(58)52-37(28-11-5-3-6-12-28)26-33(15-9-23-49)44-50-35-21-18-30-25-31(17-20-34(30)41(35)53-44)39-27-32-19-22-36-42(43(32)62-39)54-45(51-36)38-16-10-24-56(38)46(57)40(55-48(59)61-2)29-13-7-4-8-14-29/h3-8,11-14,17-22,25,27,33,37-38,40H,9-10,15-16,23-24,26,49H2,1-2H3,(H,50,53)(H,51,54)(H,52,58)(H,55,59)/t33?,37-,38-,40+/m0/s1. The van der Waals surface area contributed by atoms with Crippen molar-refractivity contribution in [3.63, 3.8) is 0 Å². The summed E-state index contributed by atoms with van der Waals surface area (Å²) in [4.78, 5) is 59.2. The number of nitrogens with two attached hydrogens (primary N) is 1. The van der Waals surface area contributed by atoms with Crippen LogP contribution in [0.5, 0.6) is 0 Å². The van der Waals surface area contributed by atoms with Crippen molar-refractivity contribution in [3.05, 3.63) is 132 Å². The summed E-state index contributed by atoms with van der Waals surface area (Å²) in [6, 6.07) is 34.8. The lowest BCUT2D eigenvalue weighted by atomic mass is 9.90. The molecule has 0 bridgehead atoms. The minimum absolute atomic E-state index is 0.00744. The number of benzene rings is 5. The van der Waals surface area contributed by atoms with Crippen molar-refractivity contribution in [2.45, 2.75) is 56.1 Å². The molecule has 6 N–H and O–H groups in total. The lowest BCUT2D eigenvalue weighted by Crippen LogP contribution is -2.42. The highest BCUT2D eigenvalue weighted by molar-refractivity contribution is 7.23. The molecule has 0 saturated carbocycles. The zero-order valence-corrected chi connectivity index (χ0v) is 35.3. The number of fused-ring (bicyclic) bond motifs is 6. The zero-order valence-electron chi connectivity index (χ0n) is 34.5. The van der Waals surface area contributed by atoms with E-state index in [1.54, 1.807) is 11.3 Å². The summed E-state index contributed by atoms with van der Waals surface area (Å²) in [5.74, 6) is 1.40. The number of thiophene rings is 1. The van der Waals surface area contributed by atoms with Crippen LogP contribution in [0.15, 0.2) is 109 Å². The molecule has 4 heterocycles. The van der Waals surface area contributed by atoms with Gasteiger partial charge in [0, 0.05) is 22.7 Å². The van der Waals surface area contributed by atoms with Crippen LogP contribution < -0.4 is 16.4 Å². The molecule has 1 fully saturated rings. The Labute approximate surface area is 362 Å². The summed E-state index contributed by atoms with van der Waals surface area (Å²) in [7, 11) is 2.67. The number of nitrogens with one attached hydrogen (secondary N) is 4. The molecule has 0 spiro atoms. The molecule has 5 aromatic carbocycles. The zero-order chi connectivity index (χ0) is 42.7. The second-order valence-corrected chi connectivity index (χ2v) is 16.8. The third-order valence-corrected chi connectivity index (χ3v) is 13.2. The Morgan fingerprint density at radius 2 is 1.53 bits per heavy atom. The van der Waals surface area contributed by atoms with Gasteiger partial charge in [-0.25, -0.2) is 19.6 Å². The van der Waals surface area contributed by atoms with Crippen LogP contribution in [0.1, 0.15) is 78.9 Å². The maximum Gasteiger partial charge on any atom is 0.407 e. The Morgan fingerprint density at radius 1 is 0.823 bits per heavy atom. The second-order valence-electron chi connectivity index (χ2n) is 15.8. The van der Waals surface area contributed by atoms with Gasteiger partial charge in [-0.2, -0.15) is 0 Å². The number of rotatable bonds is 13. The van der Waals surface area contributed by atoms with Gasteiger partial charge >= 0.3 is 12.2 Å². The van der Waals surface area contributed by atoms with Gasteiger partial charge in [0.1, 0.15) is 17.7 Å². The van der Waals surface area contributed by atoms with Gasteiger partial charge in [0.25, 0.3) is 5.91 Å². The number of carbonyl (C=O) groups is 3. The number of likely N-dealkylation sites (tertiary alicyclic amines) is 1. The van der Waals surface area contributed by atoms with E-state index in [2.05, 4.69) is 63.1 Å². The van der Waals surface area contributed by atoms with Crippen LogP contribution in [-0.4, -0.2) is 70.2 Å². The monoisotopic (exact) mass is 848 g/mol. The first-order chi connectivity index (χ1) is 30.3. The predicted octanol–water partition coefficient (Wildman–Crippen LogP) is 9.54. The number of hydrogen-bond donors (Lipinski definition) is 5. The van der Waals surface area contributed by atoms with E-state index in [1.807, 2.05) is 71.6 Å². The van der Waals surface area contributed by atoms with Crippen LogP contribution in [-0.2, 0) is 14.3 Å². The maximum atomic E-state index is 14.1. The number of carbonyl (C=O) groups excluding carboxylic acids is 3. The lowest BCUT2D eigenvalue weighted by molar-refractivity contribution is -0.134. The summed E-state index contributed by atoms with van der Waals surface area (Å²) in [6.07, 6.45) is 2.67. The Balaban J connectivity index is 0.996. The molecule has 1 aliphatic heterocycles. The summed E-state index contributed by atoms with van der Waals surface area (Å²) < 4.78 is 10.9. The highest BCUT2D eigenvalue weighted by Gasteiger charge is 2.37. The third kappa shape index (κ3) is 8.06. The number of aromatic amines is 2. The van der Waals surface area contributed by atoms with Crippen LogP contribution in [0.3, 0.4) is 0 Å². The molecular formula is C48H48N8O5S. The quantitative estimate of drug-likeness (QED) is 0.0761.